The third-order valence-electron chi connectivity index (χ3n) is 3.41. The Bertz CT molecular complexity index is 807. The standard InChI is InChI=1S/C14H15ClN2O6S/c1-8-7-24(21,22)17(14(8)20)9-3-4-10(11(15)5-9)13(19)16-6-12(18)23-2/h3-5,8H,6-7H2,1-2H3,(H,16,19)/t8-/m1/s1. The van der Waals surface area contributed by atoms with Crippen LogP contribution in [0.4, 0.5) is 5.69 Å². The first-order valence-corrected chi connectivity index (χ1v) is 8.87. The van der Waals surface area contributed by atoms with Crippen molar-refractivity contribution in [2.75, 3.05) is 23.7 Å². The molecule has 0 saturated carbocycles. The number of hydrogen-bond acceptors (Lipinski definition) is 6. The molecule has 0 aliphatic carbocycles. The molecular weight excluding hydrogens is 360 g/mol. The van der Waals surface area contributed by atoms with Crippen LogP contribution < -0.4 is 9.62 Å². The van der Waals surface area contributed by atoms with E-state index in [-0.39, 0.29) is 28.6 Å². The number of benzene rings is 1. The zero-order valence-electron chi connectivity index (χ0n) is 12.9. The predicted octanol–water partition coefficient (Wildman–Crippen LogP) is 0.555. The quantitative estimate of drug-likeness (QED) is 0.771. The number of carbonyl (C=O) groups excluding carboxylic acids is 3. The monoisotopic (exact) mass is 374 g/mol. The summed E-state index contributed by atoms with van der Waals surface area (Å²) in [4.78, 5) is 35.0. The lowest BCUT2D eigenvalue weighted by atomic mass is 10.1. The first-order valence-electron chi connectivity index (χ1n) is 6.88. The number of amides is 2. The minimum atomic E-state index is -3.75. The Morgan fingerprint density at radius 2 is 2.08 bits per heavy atom. The van der Waals surface area contributed by atoms with Crippen LogP contribution in [0, 0.1) is 5.92 Å². The predicted molar refractivity (Wildman–Crippen MR) is 86.2 cm³/mol. The molecule has 24 heavy (non-hydrogen) atoms. The van der Waals surface area contributed by atoms with Gasteiger partial charge in [0.2, 0.25) is 15.9 Å². The van der Waals surface area contributed by atoms with Gasteiger partial charge in [-0.25, -0.2) is 12.7 Å². The van der Waals surface area contributed by atoms with E-state index < -0.39 is 33.7 Å². The van der Waals surface area contributed by atoms with E-state index in [9.17, 15) is 22.8 Å². The van der Waals surface area contributed by atoms with Crippen molar-refractivity contribution >= 4 is 45.1 Å². The number of esters is 1. The lowest BCUT2D eigenvalue weighted by Crippen LogP contribution is -2.31. The van der Waals surface area contributed by atoms with Gasteiger partial charge in [0.1, 0.15) is 6.54 Å². The van der Waals surface area contributed by atoms with Crippen LogP contribution in [0.3, 0.4) is 0 Å². The summed E-state index contributed by atoms with van der Waals surface area (Å²) in [5.41, 5.74) is 0.111. The average molecular weight is 375 g/mol. The molecule has 0 radical (unpaired) electrons. The van der Waals surface area contributed by atoms with Crippen LogP contribution in [0.1, 0.15) is 17.3 Å². The Labute approximate surface area is 143 Å². The fourth-order valence-electron chi connectivity index (χ4n) is 2.22. The molecule has 0 bridgehead atoms. The van der Waals surface area contributed by atoms with Crippen LogP contribution in [0.5, 0.6) is 0 Å². The number of nitrogens with zero attached hydrogens (tertiary/aromatic N) is 1. The molecule has 1 aromatic rings. The molecule has 1 N–H and O–H groups in total. The molecular formula is C14H15ClN2O6S. The van der Waals surface area contributed by atoms with Gasteiger partial charge in [-0.15, -0.1) is 0 Å². The number of carbonyl (C=O) groups is 3. The molecule has 1 fully saturated rings. The molecule has 8 nitrogen and oxygen atoms in total. The summed E-state index contributed by atoms with van der Waals surface area (Å²) in [6.07, 6.45) is 0. The van der Waals surface area contributed by atoms with Gasteiger partial charge in [-0.3, -0.25) is 14.4 Å². The van der Waals surface area contributed by atoms with Gasteiger partial charge in [0, 0.05) is 0 Å². The third-order valence-corrected chi connectivity index (χ3v) is 5.59. The van der Waals surface area contributed by atoms with Crippen molar-refractivity contribution in [2.45, 2.75) is 6.92 Å². The Morgan fingerprint density at radius 1 is 1.42 bits per heavy atom. The number of nitrogens with one attached hydrogen (secondary N) is 1. The van der Waals surface area contributed by atoms with E-state index in [1.54, 1.807) is 0 Å². The van der Waals surface area contributed by atoms with E-state index >= 15 is 0 Å². The fraction of sp³-hybridized carbons (Fsp3) is 0.357. The third kappa shape index (κ3) is 3.51. The highest BCUT2D eigenvalue weighted by atomic mass is 35.5. The van der Waals surface area contributed by atoms with Crippen molar-refractivity contribution in [3.8, 4) is 0 Å². The molecule has 130 valence electrons. The van der Waals surface area contributed by atoms with Gasteiger partial charge in [0.15, 0.2) is 0 Å². The maximum atomic E-state index is 12.1. The highest BCUT2D eigenvalue weighted by Crippen LogP contribution is 2.31. The van der Waals surface area contributed by atoms with Crippen LogP contribution in [-0.2, 0) is 24.3 Å². The number of methoxy groups -OCH3 is 1. The van der Waals surface area contributed by atoms with Gasteiger partial charge in [0.05, 0.1) is 35.1 Å². The first-order chi connectivity index (χ1) is 11.2. The van der Waals surface area contributed by atoms with E-state index in [0.29, 0.717) is 4.31 Å². The number of ether oxygens (including phenoxy) is 1. The molecule has 1 atom stereocenters. The molecule has 1 aromatic carbocycles. The van der Waals surface area contributed by atoms with Gasteiger partial charge >= 0.3 is 5.97 Å². The van der Waals surface area contributed by atoms with Gasteiger partial charge in [0.25, 0.3) is 5.91 Å². The van der Waals surface area contributed by atoms with Crippen LogP contribution in [0.15, 0.2) is 18.2 Å². The Kier molecular flexibility index (Phi) is 5.14. The van der Waals surface area contributed by atoms with Gasteiger partial charge < -0.3 is 10.1 Å². The van der Waals surface area contributed by atoms with Crippen molar-refractivity contribution in [3.63, 3.8) is 0 Å². The van der Waals surface area contributed by atoms with E-state index in [1.807, 2.05) is 0 Å². The highest BCUT2D eigenvalue weighted by molar-refractivity contribution is 7.94. The van der Waals surface area contributed by atoms with Crippen molar-refractivity contribution < 1.29 is 27.5 Å². The van der Waals surface area contributed by atoms with Crippen LogP contribution in [-0.4, -0.2) is 45.6 Å². The first kappa shape index (κ1) is 18.2. The number of halogens is 1. The summed E-state index contributed by atoms with van der Waals surface area (Å²) in [7, 11) is -2.56. The van der Waals surface area contributed by atoms with Crippen LogP contribution >= 0.6 is 11.6 Å². The minimum absolute atomic E-state index is 0.0430. The number of sulfonamides is 1. The average Bonchev–Trinajstić information content (AvgIpc) is 2.72. The van der Waals surface area contributed by atoms with E-state index in [2.05, 4.69) is 10.1 Å². The topological polar surface area (TPSA) is 110 Å². The smallest absolute Gasteiger partial charge is 0.325 e. The van der Waals surface area contributed by atoms with Crippen molar-refractivity contribution in [2.24, 2.45) is 5.92 Å². The molecule has 0 unspecified atom stereocenters. The second kappa shape index (κ2) is 6.78. The lowest BCUT2D eigenvalue weighted by Gasteiger charge is -2.16. The second-order valence-corrected chi connectivity index (χ2v) is 7.47. The number of rotatable bonds is 4. The Morgan fingerprint density at radius 3 is 2.58 bits per heavy atom. The van der Waals surface area contributed by atoms with Gasteiger partial charge in [-0.1, -0.05) is 18.5 Å². The maximum Gasteiger partial charge on any atom is 0.325 e. The van der Waals surface area contributed by atoms with Gasteiger partial charge in [-0.05, 0) is 18.2 Å². The summed E-state index contributed by atoms with van der Waals surface area (Å²) in [6.45, 7) is 1.19. The van der Waals surface area contributed by atoms with Crippen molar-refractivity contribution in [1.29, 1.82) is 0 Å². The van der Waals surface area contributed by atoms with Gasteiger partial charge in [-0.2, -0.15) is 0 Å². The highest BCUT2D eigenvalue weighted by Gasteiger charge is 2.42. The Balaban J connectivity index is 2.26. The summed E-state index contributed by atoms with van der Waals surface area (Å²) in [5.74, 6) is -2.71. The van der Waals surface area contributed by atoms with Crippen molar-refractivity contribution in [3.05, 3.63) is 28.8 Å². The lowest BCUT2D eigenvalue weighted by molar-refractivity contribution is -0.139. The molecule has 1 aliphatic rings. The molecule has 2 rings (SSSR count). The number of hydrogen-bond donors (Lipinski definition) is 1. The molecule has 10 heteroatoms. The summed E-state index contributed by atoms with van der Waals surface area (Å²) < 4.78 is 29.2. The summed E-state index contributed by atoms with van der Waals surface area (Å²) in [5, 5.41) is 2.27. The minimum Gasteiger partial charge on any atom is -0.468 e. The van der Waals surface area contributed by atoms with E-state index in [0.717, 1.165) is 0 Å². The molecule has 1 saturated heterocycles. The molecule has 0 spiro atoms. The summed E-state index contributed by atoms with van der Waals surface area (Å²) >= 11 is 6.02. The fourth-order valence-corrected chi connectivity index (χ4v) is 4.29. The normalized spacial score (nSPS) is 19.2. The van der Waals surface area contributed by atoms with Crippen LogP contribution in [0.25, 0.3) is 0 Å². The molecule has 2 amide bonds. The largest absolute Gasteiger partial charge is 0.468 e. The van der Waals surface area contributed by atoms with Crippen LogP contribution in [0.2, 0.25) is 5.02 Å². The Hall–Kier alpha value is -2.13. The second-order valence-electron chi connectivity index (χ2n) is 5.21. The molecule has 1 heterocycles. The zero-order chi connectivity index (χ0) is 18.1. The number of anilines is 1. The summed E-state index contributed by atoms with van der Waals surface area (Å²) in [6, 6.07) is 3.82. The zero-order valence-corrected chi connectivity index (χ0v) is 14.5. The van der Waals surface area contributed by atoms with E-state index in [4.69, 9.17) is 11.6 Å². The SMILES string of the molecule is COC(=O)CNC(=O)c1ccc(N2C(=O)[C@H](C)CS2(=O)=O)cc1Cl. The van der Waals surface area contributed by atoms with E-state index in [1.165, 1.54) is 32.2 Å². The van der Waals surface area contributed by atoms with Crippen molar-refractivity contribution in [1.82, 2.24) is 5.32 Å². The molecule has 0 aromatic heterocycles. The maximum absolute atomic E-state index is 12.1. The molecule has 1 aliphatic heterocycles.